The molecular weight excluding hydrogens is 228 g/mol. The molecule has 5 atom stereocenters. The number of aldehydes is 1. The summed E-state index contributed by atoms with van der Waals surface area (Å²) in [7, 11) is 0. The third kappa shape index (κ3) is 3.79. The van der Waals surface area contributed by atoms with Crippen LogP contribution in [0.3, 0.4) is 0 Å². The van der Waals surface area contributed by atoms with Crippen molar-refractivity contribution in [3.8, 4) is 0 Å². The quantitative estimate of drug-likeness (QED) is 0.707. The fraction of sp³-hybridized carbons (Fsp3) is 0.933. The van der Waals surface area contributed by atoms with Gasteiger partial charge in [0.15, 0.2) is 5.79 Å². The lowest BCUT2D eigenvalue weighted by atomic mass is 9.82. The first-order chi connectivity index (χ1) is 8.30. The van der Waals surface area contributed by atoms with Crippen molar-refractivity contribution in [1.82, 2.24) is 0 Å². The van der Waals surface area contributed by atoms with Gasteiger partial charge in [0.25, 0.3) is 0 Å². The normalized spacial score (nSPS) is 34.9. The van der Waals surface area contributed by atoms with Crippen LogP contribution in [0.5, 0.6) is 0 Å². The Morgan fingerprint density at radius 1 is 1.28 bits per heavy atom. The van der Waals surface area contributed by atoms with Gasteiger partial charge in [0, 0.05) is 11.8 Å². The van der Waals surface area contributed by atoms with E-state index in [0.29, 0.717) is 11.8 Å². The fourth-order valence-corrected chi connectivity index (χ4v) is 3.01. The van der Waals surface area contributed by atoms with E-state index in [0.717, 1.165) is 19.1 Å². The molecule has 0 aliphatic carbocycles. The summed E-state index contributed by atoms with van der Waals surface area (Å²) in [5.41, 5.74) is 0. The van der Waals surface area contributed by atoms with E-state index in [1.165, 1.54) is 0 Å². The second-order valence-electron chi connectivity index (χ2n) is 6.23. The van der Waals surface area contributed by atoms with Crippen molar-refractivity contribution < 1.29 is 14.3 Å². The van der Waals surface area contributed by atoms with Gasteiger partial charge in [0.1, 0.15) is 6.29 Å². The van der Waals surface area contributed by atoms with Gasteiger partial charge in [-0.25, -0.2) is 0 Å². The van der Waals surface area contributed by atoms with E-state index in [2.05, 4.69) is 20.8 Å². The summed E-state index contributed by atoms with van der Waals surface area (Å²) < 4.78 is 12.0. The molecule has 1 aliphatic heterocycles. The number of carbonyl (C=O) groups excluding carboxylic acids is 1. The summed E-state index contributed by atoms with van der Waals surface area (Å²) in [4.78, 5) is 10.8. The molecule has 3 heteroatoms. The molecule has 1 saturated heterocycles. The number of hydrogen-bond acceptors (Lipinski definition) is 3. The van der Waals surface area contributed by atoms with Crippen LogP contribution in [0.15, 0.2) is 0 Å². The van der Waals surface area contributed by atoms with Gasteiger partial charge in [-0.05, 0) is 32.6 Å². The molecule has 1 aliphatic rings. The van der Waals surface area contributed by atoms with Crippen LogP contribution >= 0.6 is 0 Å². The summed E-state index contributed by atoms with van der Waals surface area (Å²) in [6, 6.07) is 0. The molecule has 18 heavy (non-hydrogen) atoms. The number of hydrogen-bond donors (Lipinski definition) is 0. The molecule has 0 aromatic carbocycles. The maximum absolute atomic E-state index is 10.8. The minimum atomic E-state index is -0.517. The van der Waals surface area contributed by atoms with Gasteiger partial charge >= 0.3 is 0 Å². The van der Waals surface area contributed by atoms with Crippen molar-refractivity contribution in [2.75, 3.05) is 0 Å². The molecule has 0 aromatic rings. The fourth-order valence-electron chi connectivity index (χ4n) is 3.01. The molecule has 0 bridgehead atoms. The lowest BCUT2D eigenvalue weighted by Gasteiger charge is -2.47. The van der Waals surface area contributed by atoms with Crippen LogP contribution in [-0.2, 0) is 14.3 Å². The lowest BCUT2D eigenvalue weighted by Crippen LogP contribution is -2.52. The van der Waals surface area contributed by atoms with E-state index in [-0.39, 0.29) is 18.1 Å². The Morgan fingerprint density at radius 3 is 2.39 bits per heavy atom. The van der Waals surface area contributed by atoms with E-state index in [9.17, 15) is 4.79 Å². The Labute approximate surface area is 111 Å². The third-order valence-corrected chi connectivity index (χ3v) is 3.90. The van der Waals surface area contributed by atoms with Crippen molar-refractivity contribution in [3.63, 3.8) is 0 Å². The number of rotatable bonds is 5. The Bertz CT molecular complexity index is 275. The highest BCUT2D eigenvalue weighted by molar-refractivity contribution is 5.52. The molecule has 1 fully saturated rings. The van der Waals surface area contributed by atoms with Crippen LogP contribution in [0.1, 0.15) is 54.4 Å². The first-order valence-corrected chi connectivity index (χ1v) is 7.11. The lowest BCUT2D eigenvalue weighted by molar-refractivity contribution is -0.327. The highest BCUT2D eigenvalue weighted by atomic mass is 16.7. The molecule has 0 unspecified atom stereocenters. The molecule has 106 valence electrons. The second kappa shape index (κ2) is 6.16. The van der Waals surface area contributed by atoms with Crippen molar-refractivity contribution in [1.29, 1.82) is 0 Å². The third-order valence-electron chi connectivity index (χ3n) is 3.90. The van der Waals surface area contributed by atoms with Gasteiger partial charge in [0.05, 0.1) is 12.2 Å². The Hall–Kier alpha value is -0.410. The zero-order chi connectivity index (χ0) is 13.9. The maximum atomic E-state index is 10.8. The Morgan fingerprint density at radius 2 is 1.89 bits per heavy atom. The molecular formula is C15H28O3. The van der Waals surface area contributed by atoms with Crippen molar-refractivity contribution in [3.05, 3.63) is 0 Å². The van der Waals surface area contributed by atoms with Gasteiger partial charge < -0.3 is 14.3 Å². The van der Waals surface area contributed by atoms with E-state index in [4.69, 9.17) is 9.47 Å². The Kier molecular flexibility index (Phi) is 5.35. The monoisotopic (exact) mass is 256 g/mol. The molecule has 0 spiro atoms. The van der Waals surface area contributed by atoms with Crippen LogP contribution in [0.2, 0.25) is 0 Å². The number of carbonyl (C=O) groups is 1. The smallest absolute Gasteiger partial charge is 0.163 e. The van der Waals surface area contributed by atoms with Crippen molar-refractivity contribution in [2.24, 2.45) is 17.8 Å². The molecule has 0 saturated carbocycles. The van der Waals surface area contributed by atoms with E-state index in [1.807, 2.05) is 20.8 Å². The Balaban J connectivity index is 2.75. The van der Waals surface area contributed by atoms with Gasteiger partial charge in [0.2, 0.25) is 0 Å². The summed E-state index contributed by atoms with van der Waals surface area (Å²) >= 11 is 0. The van der Waals surface area contributed by atoms with Gasteiger partial charge in [-0.1, -0.05) is 27.7 Å². The minimum Gasteiger partial charge on any atom is -0.347 e. The molecule has 0 aromatic heterocycles. The standard InChI is InChI=1S/C15H28O3/c1-7-13-12(4)14(18-15(5,6)17-13)11(3)8-10(2)9-16/h9-14H,7-8H2,1-6H3/t10-,11-,12-,13+,14+/m1/s1. The predicted molar refractivity (Wildman–Crippen MR) is 72.3 cm³/mol. The van der Waals surface area contributed by atoms with E-state index >= 15 is 0 Å². The molecule has 3 nitrogen and oxygen atoms in total. The van der Waals surface area contributed by atoms with Crippen molar-refractivity contribution >= 4 is 6.29 Å². The first kappa shape index (κ1) is 15.6. The summed E-state index contributed by atoms with van der Waals surface area (Å²) in [6.07, 6.45) is 3.32. The maximum Gasteiger partial charge on any atom is 0.163 e. The topological polar surface area (TPSA) is 35.5 Å². The molecule has 0 N–H and O–H groups in total. The van der Waals surface area contributed by atoms with Crippen LogP contribution < -0.4 is 0 Å². The van der Waals surface area contributed by atoms with Gasteiger partial charge in [-0.2, -0.15) is 0 Å². The van der Waals surface area contributed by atoms with Crippen LogP contribution in [0.25, 0.3) is 0 Å². The first-order valence-electron chi connectivity index (χ1n) is 7.11. The molecule has 1 rings (SSSR count). The molecule has 0 amide bonds. The highest BCUT2D eigenvalue weighted by Gasteiger charge is 2.42. The molecule has 0 radical (unpaired) electrons. The van der Waals surface area contributed by atoms with E-state index < -0.39 is 5.79 Å². The van der Waals surface area contributed by atoms with E-state index in [1.54, 1.807) is 0 Å². The average Bonchev–Trinajstić information content (AvgIpc) is 2.31. The average molecular weight is 256 g/mol. The van der Waals surface area contributed by atoms with Crippen LogP contribution in [-0.4, -0.2) is 24.3 Å². The summed E-state index contributed by atoms with van der Waals surface area (Å²) in [5, 5.41) is 0. The SMILES string of the molecule is CC[C@@H]1OC(C)(C)O[C@@H]([C@H](C)C[C@@H](C)C=O)[C@@H]1C. The zero-order valence-corrected chi connectivity index (χ0v) is 12.6. The molecule has 1 heterocycles. The minimum absolute atomic E-state index is 0.0989. The summed E-state index contributed by atoms with van der Waals surface area (Å²) in [6.45, 7) is 12.4. The number of ether oxygens (including phenoxy) is 2. The van der Waals surface area contributed by atoms with Gasteiger partial charge in [-0.3, -0.25) is 0 Å². The van der Waals surface area contributed by atoms with Crippen LogP contribution in [0.4, 0.5) is 0 Å². The van der Waals surface area contributed by atoms with Gasteiger partial charge in [-0.15, -0.1) is 0 Å². The largest absolute Gasteiger partial charge is 0.347 e. The second-order valence-corrected chi connectivity index (χ2v) is 6.23. The van der Waals surface area contributed by atoms with Crippen molar-refractivity contribution in [2.45, 2.75) is 72.4 Å². The zero-order valence-electron chi connectivity index (χ0n) is 12.6. The van der Waals surface area contributed by atoms with Crippen LogP contribution in [0, 0.1) is 17.8 Å². The summed E-state index contributed by atoms with van der Waals surface area (Å²) in [5.74, 6) is 0.326. The highest BCUT2D eigenvalue weighted by Crippen LogP contribution is 2.37. The predicted octanol–water partition coefficient (Wildman–Crippen LogP) is 3.41.